The van der Waals surface area contributed by atoms with Crippen LogP contribution in [0.15, 0.2) is 30.7 Å². The molecule has 1 aromatic heterocycles. The van der Waals surface area contributed by atoms with Crippen LogP contribution in [0.3, 0.4) is 0 Å². The number of hydrogen-bond acceptors (Lipinski definition) is 3. The third-order valence-electron chi connectivity index (χ3n) is 2.51. The summed E-state index contributed by atoms with van der Waals surface area (Å²) in [6.07, 6.45) is 1.74. The number of phenolic OH excluding ortho intramolecular Hbond substituents is 1. The standard InChI is InChI=1S/C12H11BO2.C2H6.CH5N/c1-2-12-11-5-9(15)3-4-10(11)8(7-14)6-13-12;2*1-2/h2-6,14-15H,1,7H2;1-2H3;2H2,1H3. The van der Waals surface area contributed by atoms with Crippen LogP contribution in [-0.2, 0) is 6.61 Å². The normalized spacial score (nSPS) is 8.68. The van der Waals surface area contributed by atoms with Crippen LogP contribution in [0.5, 0.6) is 5.75 Å². The minimum Gasteiger partial charge on any atom is -0.333 e. The number of benzene rings is 1. The minimum atomic E-state index is -0.00129. The fourth-order valence-electron chi connectivity index (χ4n) is 1.74. The Labute approximate surface area is 115 Å². The first-order chi connectivity index (χ1) is 9.26. The zero-order valence-corrected chi connectivity index (χ0v) is 11.9. The van der Waals surface area contributed by atoms with Gasteiger partial charge in [-0.3, -0.25) is 0 Å². The predicted octanol–water partition coefficient (Wildman–Crippen LogP) is 2.62. The second kappa shape index (κ2) is 9.31. The monoisotopic (exact) mass is 259 g/mol. The van der Waals surface area contributed by atoms with Crippen LogP contribution in [-0.4, -0.2) is 24.2 Å². The van der Waals surface area contributed by atoms with E-state index in [1.807, 2.05) is 32.8 Å². The molecule has 2 aromatic rings. The van der Waals surface area contributed by atoms with E-state index in [1.165, 1.54) is 7.05 Å². The van der Waals surface area contributed by atoms with Gasteiger partial charge in [0.05, 0.1) is 0 Å². The molecule has 0 aliphatic heterocycles. The van der Waals surface area contributed by atoms with Gasteiger partial charge >= 0.3 is 88.1 Å². The Kier molecular flexibility index (Phi) is 8.50. The van der Waals surface area contributed by atoms with Crippen molar-refractivity contribution in [2.45, 2.75) is 20.5 Å². The molecular weight excluding hydrogens is 237 g/mol. The molecule has 0 spiro atoms. The number of aliphatic hydroxyl groups is 1. The Morgan fingerprint density at radius 1 is 1.26 bits per heavy atom. The molecule has 4 N–H and O–H groups in total. The molecule has 2 rings (SSSR count). The van der Waals surface area contributed by atoms with Crippen LogP contribution >= 0.6 is 0 Å². The molecule has 3 nitrogen and oxygen atoms in total. The van der Waals surface area contributed by atoms with Crippen molar-refractivity contribution in [2.24, 2.45) is 5.73 Å². The molecule has 0 fully saturated rings. The van der Waals surface area contributed by atoms with Crippen molar-refractivity contribution in [3.8, 4) is 5.75 Å². The average Bonchev–Trinajstić information content (AvgIpc) is 2.50. The molecular formula is C15H22BNO2. The van der Waals surface area contributed by atoms with Crippen LogP contribution < -0.4 is 5.73 Å². The third kappa shape index (κ3) is 4.19. The molecule has 0 unspecified atom stereocenters. The summed E-state index contributed by atoms with van der Waals surface area (Å²) in [6.45, 7) is 9.61. The molecule has 102 valence electrons. The molecule has 0 atom stereocenters. The molecule has 19 heavy (non-hydrogen) atoms. The van der Waals surface area contributed by atoms with Crippen LogP contribution in [0, 0.1) is 0 Å². The molecule has 0 saturated carbocycles. The number of nitrogens with two attached hydrogens (primary N) is 1. The predicted molar refractivity (Wildman–Crippen MR) is 84.4 cm³/mol. The van der Waals surface area contributed by atoms with E-state index in [0.29, 0.717) is 0 Å². The van der Waals surface area contributed by atoms with Gasteiger partial charge in [-0.1, -0.05) is 13.8 Å². The maximum Gasteiger partial charge on any atom is -0.0195 e. The van der Waals surface area contributed by atoms with Crippen molar-refractivity contribution >= 4 is 23.8 Å². The summed E-state index contributed by atoms with van der Waals surface area (Å²) in [5.41, 5.74) is 6.31. The van der Waals surface area contributed by atoms with E-state index < -0.39 is 0 Å². The zero-order valence-electron chi connectivity index (χ0n) is 11.9. The van der Waals surface area contributed by atoms with Gasteiger partial charge in [0.25, 0.3) is 0 Å². The van der Waals surface area contributed by atoms with E-state index in [0.717, 1.165) is 21.8 Å². The largest absolute Gasteiger partial charge is 0.333 e. The van der Waals surface area contributed by atoms with Crippen molar-refractivity contribution in [3.05, 3.63) is 41.8 Å². The van der Waals surface area contributed by atoms with Gasteiger partial charge in [-0.2, -0.15) is 0 Å². The topological polar surface area (TPSA) is 66.5 Å². The average molecular weight is 259 g/mol. The smallest absolute Gasteiger partial charge is 0.0195 e. The van der Waals surface area contributed by atoms with Crippen LogP contribution in [0.4, 0.5) is 0 Å². The summed E-state index contributed by atoms with van der Waals surface area (Å²) in [7, 11) is 1.50. The Bertz CT molecular complexity index is 527. The van der Waals surface area contributed by atoms with Gasteiger partial charge < -0.3 is 5.73 Å². The molecule has 0 amide bonds. The first-order valence-corrected chi connectivity index (χ1v) is 6.32. The zero-order chi connectivity index (χ0) is 14.8. The minimum absolute atomic E-state index is 0.00129. The van der Waals surface area contributed by atoms with Gasteiger partial charge in [-0.25, -0.2) is 0 Å². The summed E-state index contributed by atoms with van der Waals surface area (Å²) in [5.74, 6) is 2.09. The number of hydrogen-bond donors (Lipinski definition) is 3. The van der Waals surface area contributed by atoms with E-state index >= 15 is 0 Å². The van der Waals surface area contributed by atoms with E-state index in [2.05, 4.69) is 12.3 Å². The fraction of sp³-hybridized carbons (Fsp3) is 0.267. The summed E-state index contributed by atoms with van der Waals surface area (Å²) < 4.78 is 0. The van der Waals surface area contributed by atoms with Gasteiger partial charge in [-0.05, 0) is 7.05 Å². The van der Waals surface area contributed by atoms with Gasteiger partial charge in [0, 0.05) is 0 Å². The molecule has 1 heterocycles. The summed E-state index contributed by atoms with van der Waals surface area (Å²) in [4.78, 5) is 0. The summed E-state index contributed by atoms with van der Waals surface area (Å²) in [6, 6.07) is 5.11. The molecule has 4 heteroatoms. The quantitative estimate of drug-likeness (QED) is 0.776. The van der Waals surface area contributed by atoms with Crippen molar-refractivity contribution < 1.29 is 10.2 Å². The van der Waals surface area contributed by atoms with Crippen LogP contribution in [0.2, 0.25) is 0 Å². The van der Waals surface area contributed by atoms with Crippen molar-refractivity contribution in [1.29, 1.82) is 0 Å². The fourth-order valence-corrected chi connectivity index (χ4v) is 1.74. The van der Waals surface area contributed by atoms with Gasteiger partial charge in [0.2, 0.25) is 0 Å². The Balaban J connectivity index is 0.000000741. The van der Waals surface area contributed by atoms with Crippen molar-refractivity contribution in [1.82, 2.24) is 0 Å². The molecule has 0 radical (unpaired) electrons. The number of aliphatic hydroxyl groups excluding tert-OH is 1. The molecule has 0 bridgehead atoms. The van der Waals surface area contributed by atoms with Crippen LogP contribution in [0.1, 0.15) is 24.9 Å². The number of phenols is 1. The van der Waals surface area contributed by atoms with E-state index in [1.54, 1.807) is 18.2 Å². The van der Waals surface area contributed by atoms with E-state index in [9.17, 15) is 10.2 Å². The third-order valence-corrected chi connectivity index (χ3v) is 2.51. The van der Waals surface area contributed by atoms with Crippen molar-refractivity contribution in [2.75, 3.05) is 7.05 Å². The maximum atomic E-state index is 9.42. The molecule has 0 aliphatic carbocycles. The Morgan fingerprint density at radius 3 is 2.42 bits per heavy atom. The van der Waals surface area contributed by atoms with E-state index in [4.69, 9.17) is 0 Å². The molecule has 1 aromatic carbocycles. The first kappa shape index (κ1) is 17.4. The second-order valence-electron chi connectivity index (χ2n) is 3.41. The Hall–Kier alpha value is -1.65. The summed E-state index contributed by atoms with van der Waals surface area (Å²) in [5, 5.41) is 20.5. The van der Waals surface area contributed by atoms with Crippen LogP contribution in [0.25, 0.3) is 16.8 Å². The number of fused-ring (bicyclic) bond motifs is 1. The molecule has 0 aliphatic rings. The number of rotatable bonds is 2. The van der Waals surface area contributed by atoms with E-state index in [-0.39, 0.29) is 12.4 Å². The SMILES string of the molecule is C=Cc1bcc(CO)c2ccc(O)cc12.CC.CN. The number of aromatic hydroxyl groups is 1. The van der Waals surface area contributed by atoms with Gasteiger partial charge in [0.15, 0.2) is 0 Å². The Morgan fingerprint density at radius 2 is 1.89 bits per heavy atom. The first-order valence-electron chi connectivity index (χ1n) is 6.32. The molecule has 0 saturated heterocycles. The van der Waals surface area contributed by atoms with Gasteiger partial charge in [0.1, 0.15) is 0 Å². The summed E-state index contributed by atoms with van der Waals surface area (Å²) >= 11 is 0. The van der Waals surface area contributed by atoms with Crippen molar-refractivity contribution in [3.63, 3.8) is 0 Å². The van der Waals surface area contributed by atoms with Gasteiger partial charge in [-0.15, -0.1) is 0 Å². The second-order valence-corrected chi connectivity index (χ2v) is 3.41. The maximum absolute atomic E-state index is 9.42.